The molecule has 0 saturated carbocycles. The van der Waals surface area contributed by atoms with Crippen molar-refractivity contribution in [2.75, 3.05) is 24.5 Å². The molecule has 3 rings (SSSR count). The number of benzene rings is 2. The number of Topliss-reactive ketones (excluding diaryl/α,β-unsaturated/α-hetero) is 1. The molecule has 2 aromatic carbocycles. The molecule has 2 aromatic rings. The van der Waals surface area contributed by atoms with Gasteiger partial charge >= 0.3 is 18.0 Å². The zero-order valence-corrected chi connectivity index (χ0v) is 22.4. The zero-order valence-electron chi connectivity index (χ0n) is 22.4. The van der Waals surface area contributed by atoms with Gasteiger partial charge in [0.25, 0.3) is 5.91 Å². The van der Waals surface area contributed by atoms with Crippen LogP contribution in [0.25, 0.3) is 0 Å². The standard InChI is InChI=1S/C27H30N6O8/c1-3-33-26(41)32(25(40)27(33,2)17-11-9-16(10-12-17)13-30-29)14-19(34)21(24(38)39)22(28)23(37)31(15-20(35)36)18-7-5-4-6-8-18/h4-12,21-22,29H,3,13-15,28H2,1-2H3,(H,35,36)(H,38,39)/t21-,22+,27-/m1/s1. The Balaban J connectivity index is 1.90. The Labute approximate surface area is 234 Å². The van der Waals surface area contributed by atoms with E-state index in [0.717, 1.165) is 4.90 Å². The predicted molar refractivity (Wildman–Crippen MR) is 143 cm³/mol. The highest BCUT2D eigenvalue weighted by Crippen LogP contribution is 2.37. The summed E-state index contributed by atoms with van der Waals surface area (Å²) >= 11 is 0. The molecule has 5 N–H and O–H groups in total. The number of likely N-dealkylation sites (N-methyl/N-ethyl adjacent to an activating group) is 1. The summed E-state index contributed by atoms with van der Waals surface area (Å²) in [5.74, 6) is -8.46. The molecule has 14 nitrogen and oxygen atoms in total. The maximum absolute atomic E-state index is 13.6. The van der Waals surface area contributed by atoms with Crippen LogP contribution in [0.3, 0.4) is 0 Å². The van der Waals surface area contributed by atoms with Gasteiger partial charge in [-0.3, -0.25) is 33.8 Å². The summed E-state index contributed by atoms with van der Waals surface area (Å²) in [6.45, 7) is 1.53. The number of nitrogens with one attached hydrogen (secondary N) is 1. The first-order valence-corrected chi connectivity index (χ1v) is 12.5. The third-order valence-corrected chi connectivity index (χ3v) is 6.96. The van der Waals surface area contributed by atoms with Gasteiger partial charge in [0.2, 0.25) is 5.91 Å². The number of imide groups is 1. The van der Waals surface area contributed by atoms with Crippen molar-refractivity contribution >= 4 is 41.3 Å². The van der Waals surface area contributed by atoms with Gasteiger partial charge in [-0.25, -0.2) is 10.3 Å². The summed E-state index contributed by atoms with van der Waals surface area (Å²) in [5, 5.41) is 22.5. The monoisotopic (exact) mass is 566 g/mol. The molecule has 0 unspecified atom stereocenters. The summed E-state index contributed by atoms with van der Waals surface area (Å²) in [6, 6.07) is 11.2. The molecule has 1 aliphatic rings. The third-order valence-electron chi connectivity index (χ3n) is 6.96. The first kappa shape index (κ1) is 30.6. The van der Waals surface area contributed by atoms with Crippen molar-refractivity contribution in [2.24, 2.45) is 16.8 Å². The van der Waals surface area contributed by atoms with Crippen LogP contribution in [0.4, 0.5) is 10.5 Å². The number of hydrogen-bond acceptors (Lipinski definition) is 9. The van der Waals surface area contributed by atoms with Gasteiger partial charge in [-0.1, -0.05) is 42.5 Å². The molecule has 14 heteroatoms. The minimum absolute atomic E-state index is 0.0805. The maximum Gasteiger partial charge on any atom is 0.328 e. The number of hydrogen-bond donors (Lipinski definition) is 4. The van der Waals surface area contributed by atoms with Crippen molar-refractivity contribution < 1.29 is 39.0 Å². The minimum atomic E-state index is -2.18. The van der Waals surface area contributed by atoms with Crippen molar-refractivity contribution in [1.29, 1.82) is 5.53 Å². The molecule has 0 aromatic heterocycles. The number of amides is 4. The Hall–Kier alpha value is -4.98. The molecule has 1 fully saturated rings. The highest BCUT2D eigenvalue weighted by molar-refractivity contribution is 6.13. The summed E-state index contributed by atoms with van der Waals surface area (Å²) in [7, 11) is 0. The fourth-order valence-corrected chi connectivity index (χ4v) is 4.81. The van der Waals surface area contributed by atoms with Crippen LogP contribution in [0.1, 0.15) is 25.0 Å². The second-order valence-corrected chi connectivity index (χ2v) is 9.47. The van der Waals surface area contributed by atoms with E-state index in [2.05, 4.69) is 5.11 Å². The van der Waals surface area contributed by atoms with Crippen LogP contribution in [-0.4, -0.2) is 81.3 Å². The summed E-state index contributed by atoms with van der Waals surface area (Å²) in [6.07, 6.45) is 0. The number of nitrogens with two attached hydrogens (primary N) is 1. The van der Waals surface area contributed by atoms with E-state index < -0.39 is 66.2 Å². The van der Waals surface area contributed by atoms with Gasteiger partial charge < -0.3 is 20.8 Å². The third kappa shape index (κ3) is 5.96. The Morgan fingerprint density at radius 2 is 1.66 bits per heavy atom. The molecular formula is C27H30N6O8. The molecule has 1 heterocycles. The SMILES string of the molecule is CCN1C(=O)N(CC(=O)[C@@H](C(=O)O)[C@H](N)C(=O)N(CC(=O)O)c2ccccc2)C(=O)[C@@]1(C)c1ccc(CN=N)cc1. The number of carbonyl (C=O) groups excluding carboxylic acids is 4. The predicted octanol–water partition coefficient (Wildman–Crippen LogP) is 1.43. The average molecular weight is 567 g/mol. The summed E-state index contributed by atoms with van der Waals surface area (Å²) < 4.78 is 0. The fraction of sp³-hybridized carbons (Fsp3) is 0.333. The van der Waals surface area contributed by atoms with Crippen LogP contribution < -0.4 is 10.6 Å². The largest absolute Gasteiger partial charge is 0.481 e. The van der Waals surface area contributed by atoms with E-state index in [1.807, 2.05) is 0 Å². The van der Waals surface area contributed by atoms with Gasteiger partial charge in [-0.05, 0) is 37.1 Å². The first-order valence-electron chi connectivity index (χ1n) is 12.5. The molecule has 4 amide bonds. The number of nitrogens with zero attached hydrogens (tertiary/aromatic N) is 4. The van der Waals surface area contributed by atoms with Crippen molar-refractivity contribution in [2.45, 2.75) is 32.0 Å². The van der Waals surface area contributed by atoms with Gasteiger partial charge in [0.1, 0.15) is 24.0 Å². The van der Waals surface area contributed by atoms with Crippen LogP contribution in [0, 0.1) is 11.4 Å². The lowest BCUT2D eigenvalue weighted by Crippen LogP contribution is -2.55. The van der Waals surface area contributed by atoms with E-state index in [0.29, 0.717) is 16.0 Å². The van der Waals surface area contributed by atoms with Crippen LogP contribution in [-0.2, 0) is 36.1 Å². The topological polar surface area (TPSA) is 215 Å². The van der Waals surface area contributed by atoms with Gasteiger partial charge in [0.15, 0.2) is 5.78 Å². The number of aliphatic carboxylic acids is 2. The van der Waals surface area contributed by atoms with E-state index in [1.165, 1.54) is 36.1 Å². The van der Waals surface area contributed by atoms with Crippen LogP contribution in [0.2, 0.25) is 0 Å². The van der Waals surface area contributed by atoms with E-state index >= 15 is 0 Å². The highest BCUT2D eigenvalue weighted by atomic mass is 16.4. The van der Waals surface area contributed by atoms with E-state index in [9.17, 15) is 39.0 Å². The highest BCUT2D eigenvalue weighted by Gasteiger charge is 2.55. The van der Waals surface area contributed by atoms with Crippen molar-refractivity contribution in [1.82, 2.24) is 9.80 Å². The van der Waals surface area contributed by atoms with E-state index in [1.54, 1.807) is 37.3 Å². The molecule has 0 radical (unpaired) electrons. The van der Waals surface area contributed by atoms with E-state index in [-0.39, 0.29) is 18.8 Å². The van der Waals surface area contributed by atoms with Crippen molar-refractivity contribution in [3.63, 3.8) is 0 Å². The molecule has 1 saturated heterocycles. The number of anilines is 1. The van der Waals surface area contributed by atoms with Crippen LogP contribution in [0.5, 0.6) is 0 Å². The molecule has 1 aliphatic heterocycles. The lowest BCUT2D eigenvalue weighted by Gasteiger charge is -2.31. The van der Waals surface area contributed by atoms with Crippen molar-refractivity contribution in [3.05, 3.63) is 65.7 Å². The Kier molecular flexibility index (Phi) is 9.29. The molecule has 41 heavy (non-hydrogen) atoms. The Morgan fingerprint density at radius 1 is 1.05 bits per heavy atom. The minimum Gasteiger partial charge on any atom is -0.481 e. The summed E-state index contributed by atoms with van der Waals surface area (Å²) in [5.41, 5.74) is 12.7. The number of ketones is 1. The van der Waals surface area contributed by atoms with Gasteiger partial charge in [-0.2, -0.15) is 5.11 Å². The lowest BCUT2D eigenvalue weighted by atomic mass is 9.89. The lowest BCUT2D eigenvalue weighted by molar-refractivity contribution is -0.150. The number of carbonyl (C=O) groups is 6. The van der Waals surface area contributed by atoms with Gasteiger partial charge in [0.05, 0.1) is 13.1 Å². The molecule has 3 atom stereocenters. The number of carboxylic acid groups (broad SMARTS) is 2. The van der Waals surface area contributed by atoms with Crippen molar-refractivity contribution in [3.8, 4) is 0 Å². The zero-order chi connectivity index (χ0) is 30.5. The maximum atomic E-state index is 13.6. The normalized spacial score (nSPS) is 18.1. The van der Waals surface area contributed by atoms with Crippen LogP contribution >= 0.6 is 0 Å². The quantitative estimate of drug-likeness (QED) is 0.156. The Bertz CT molecular complexity index is 1370. The molecule has 0 aliphatic carbocycles. The molecular weight excluding hydrogens is 536 g/mol. The van der Waals surface area contributed by atoms with Crippen LogP contribution in [0.15, 0.2) is 59.7 Å². The average Bonchev–Trinajstić information content (AvgIpc) is 3.12. The first-order chi connectivity index (χ1) is 19.4. The molecule has 0 spiro atoms. The van der Waals surface area contributed by atoms with Gasteiger partial charge in [-0.15, -0.1) is 0 Å². The van der Waals surface area contributed by atoms with E-state index in [4.69, 9.17) is 11.3 Å². The summed E-state index contributed by atoms with van der Waals surface area (Å²) in [4.78, 5) is 79.5. The smallest absolute Gasteiger partial charge is 0.328 e. The molecule has 216 valence electrons. The number of para-hydroxylation sites is 1. The Morgan fingerprint density at radius 3 is 2.17 bits per heavy atom. The number of rotatable bonds is 13. The van der Waals surface area contributed by atoms with Gasteiger partial charge in [0, 0.05) is 12.2 Å². The fourth-order valence-electron chi connectivity index (χ4n) is 4.81. The molecule has 0 bridgehead atoms. The second kappa shape index (κ2) is 12.5. The number of urea groups is 1. The second-order valence-electron chi connectivity index (χ2n) is 9.47. The number of carboxylic acids is 2.